The molecule has 2 aromatic rings. The van der Waals surface area contributed by atoms with Crippen LogP contribution in [0.1, 0.15) is 0 Å². The van der Waals surface area contributed by atoms with Gasteiger partial charge in [-0.2, -0.15) is 18.0 Å². The lowest BCUT2D eigenvalue weighted by molar-refractivity contribution is -0.125. The lowest BCUT2D eigenvalue weighted by Crippen LogP contribution is -2.44. The topological polar surface area (TPSA) is 102 Å². The van der Waals surface area contributed by atoms with Gasteiger partial charge in [0.15, 0.2) is 0 Å². The van der Waals surface area contributed by atoms with Gasteiger partial charge in [-0.3, -0.25) is 10.1 Å². The van der Waals surface area contributed by atoms with Crippen LogP contribution in [0.2, 0.25) is 0 Å². The Labute approximate surface area is 141 Å². The molecule has 2 rings (SSSR count). The van der Waals surface area contributed by atoms with E-state index in [0.717, 1.165) is 9.27 Å². The number of nitrogens with zero attached hydrogens (tertiary/aromatic N) is 4. The molecule has 12 heteroatoms. The van der Waals surface area contributed by atoms with Crippen LogP contribution in [-0.2, 0) is 11.3 Å². The first kappa shape index (κ1) is 17.8. The second-order valence-corrected chi connectivity index (χ2v) is 5.32. The molecule has 0 aliphatic rings. The van der Waals surface area contributed by atoms with E-state index in [-0.39, 0.29) is 5.82 Å². The third kappa shape index (κ3) is 5.30. The van der Waals surface area contributed by atoms with E-state index in [4.69, 9.17) is 0 Å². The molecule has 0 saturated carbocycles. The molecule has 0 bridgehead atoms. The molecule has 1 aromatic carbocycles. The van der Waals surface area contributed by atoms with Crippen molar-refractivity contribution in [3.8, 4) is 11.4 Å². The van der Waals surface area contributed by atoms with E-state index < -0.39 is 31.2 Å². The van der Waals surface area contributed by atoms with Crippen LogP contribution in [0, 0.1) is 0 Å². The van der Waals surface area contributed by atoms with Gasteiger partial charge < -0.3 is 5.32 Å². The monoisotopic (exact) mass is 406 g/mol. The molecular weight excluding hydrogens is 397 g/mol. The molecule has 24 heavy (non-hydrogen) atoms. The van der Waals surface area contributed by atoms with Crippen molar-refractivity contribution in [1.82, 2.24) is 30.8 Å². The van der Waals surface area contributed by atoms with E-state index in [1.54, 1.807) is 29.6 Å². The van der Waals surface area contributed by atoms with Gasteiger partial charge in [-0.25, -0.2) is 4.79 Å². The molecule has 0 fully saturated rings. The van der Waals surface area contributed by atoms with Crippen LogP contribution in [0.5, 0.6) is 0 Å². The number of hydrogen-bond donors (Lipinski definition) is 2. The fraction of sp³-hybridized carbons (Fsp3) is 0.250. The van der Waals surface area contributed by atoms with E-state index in [1.807, 2.05) is 0 Å². The van der Waals surface area contributed by atoms with Crippen LogP contribution in [0.3, 0.4) is 0 Å². The normalized spacial score (nSPS) is 11.2. The lowest BCUT2D eigenvalue weighted by atomic mass is 10.2. The van der Waals surface area contributed by atoms with E-state index in [0.29, 0.717) is 5.56 Å². The van der Waals surface area contributed by atoms with Crippen molar-refractivity contribution in [3.05, 3.63) is 28.7 Å². The summed E-state index contributed by atoms with van der Waals surface area (Å²) in [5.41, 5.74) is 0.645. The van der Waals surface area contributed by atoms with Crippen molar-refractivity contribution in [2.24, 2.45) is 0 Å². The molecule has 0 radical (unpaired) electrons. The maximum Gasteiger partial charge on any atom is 0.405 e. The predicted molar refractivity (Wildman–Crippen MR) is 78.5 cm³/mol. The van der Waals surface area contributed by atoms with Gasteiger partial charge in [-0.05, 0) is 17.3 Å². The summed E-state index contributed by atoms with van der Waals surface area (Å²) in [4.78, 5) is 23.6. The fourth-order valence-electron chi connectivity index (χ4n) is 1.58. The van der Waals surface area contributed by atoms with E-state index in [2.05, 4.69) is 31.3 Å². The Balaban J connectivity index is 1.91. The minimum Gasteiger partial charge on any atom is -0.329 e. The number of hydrogen-bond acceptors (Lipinski definition) is 5. The maximum atomic E-state index is 11.9. The van der Waals surface area contributed by atoms with Gasteiger partial charge in [0.2, 0.25) is 5.82 Å². The van der Waals surface area contributed by atoms with E-state index >= 15 is 0 Å². The standard InChI is InChI=1S/C12H10BrF3N6O2/c13-8-4-2-1-3-7(8)10-19-21-22(20-10)5-9(23)18-11(24)17-6-12(14,15)16/h1-4H,5-6H2,(H2,17,18,23,24). The van der Waals surface area contributed by atoms with Crippen LogP contribution in [0.4, 0.5) is 18.0 Å². The first-order chi connectivity index (χ1) is 11.2. The smallest absolute Gasteiger partial charge is 0.329 e. The molecule has 1 heterocycles. The number of alkyl halides is 3. The summed E-state index contributed by atoms with van der Waals surface area (Å²) in [6, 6.07) is 5.80. The Morgan fingerprint density at radius 1 is 1.25 bits per heavy atom. The summed E-state index contributed by atoms with van der Waals surface area (Å²) in [6.07, 6.45) is -4.56. The number of rotatable bonds is 4. The number of halogens is 4. The molecule has 1 aromatic heterocycles. The Morgan fingerprint density at radius 3 is 2.62 bits per heavy atom. The van der Waals surface area contributed by atoms with Crippen LogP contribution in [0.15, 0.2) is 28.7 Å². The molecule has 0 atom stereocenters. The van der Waals surface area contributed by atoms with E-state index in [1.165, 1.54) is 5.32 Å². The quantitative estimate of drug-likeness (QED) is 0.800. The highest BCUT2D eigenvalue weighted by Gasteiger charge is 2.28. The van der Waals surface area contributed by atoms with Crippen molar-refractivity contribution in [2.45, 2.75) is 12.7 Å². The Kier molecular flexibility index (Phi) is 5.49. The third-order valence-electron chi connectivity index (χ3n) is 2.55. The molecular formula is C12H10BrF3N6O2. The minimum absolute atomic E-state index is 0.247. The number of urea groups is 1. The second-order valence-electron chi connectivity index (χ2n) is 4.47. The van der Waals surface area contributed by atoms with E-state index in [9.17, 15) is 22.8 Å². The van der Waals surface area contributed by atoms with Gasteiger partial charge in [0.1, 0.15) is 13.1 Å². The summed E-state index contributed by atoms with van der Waals surface area (Å²) >= 11 is 3.32. The summed E-state index contributed by atoms with van der Waals surface area (Å²) in [6.45, 7) is -2.02. The highest BCUT2D eigenvalue weighted by atomic mass is 79.9. The molecule has 0 aliphatic carbocycles. The fourth-order valence-corrected chi connectivity index (χ4v) is 2.04. The number of imide groups is 1. The van der Waals surface area contributed by atoms with Crippen molar-refractivity contribution in [1.29, 1.82) is 0 Å². The number of aromatic nitrogens is 4. The highest BCUT2D eigenvalue weighted by Crippen LogP contribution is 2.24. The second kappa shape index (κ2) is 7.38. The zero-order valence-electron chi connectivity index (χ0n) is 11.8. The number of benzene rings is 1. The van der Waals surface area contributed by atoms with Gasteiger partial charge in [0.05, 0.1) is 0 Å². The van der Waals surface area contributed by atoms with Crippen molar-refractivity contribution >= 4 is 27.9 Å². The molecule has 3 amide bonds. The maximum absolute atomic E-state index is 11.9. The van der Waals surface area contributed by atoms with Crippen molar-refractivity contribution in [3.63, 3.8) is 0 Å². The number of tetrazole rings is 1. The minimum atomic E-state index is -4.56. The Bertz CT molecular complexity index is 748. The molecule has 0 spiro atoms. The Hall–Kier alpha value is -2.50. The molecule has 2 N–H and O–H groups in total. The average molecular weight is 407 g/mol. The zero-order valence-corrected chi connectivity index (χ0v) is 13.4. The highest BCUT2D eigenvalue weighted by molar-refractivity contribution is 9.10. The SMILES string of the molecule is O=C(Cn1nnc(-c2ccccc2Br)n1)NC(=O)NCC(F)(F)F. The summed E-state index contributed by atoms with van der Waals surface area (Å²) in [7, 11) is 0. The molecule has 0 unspecified atom stereocenters. The Morgan fingerprint density at radius 2 is 1.96 bits per heavy atom. The third-order valence-corrected chi connectivity index (χ3v) is 3.25. The van der Waals surface area contributed by atoms with Crippen LogP contribution in [0.25, 0.3) is 11.4 Å². The average Bonchev–Trinajstić information content (AvgIpc) is 2.93. The zero-order chi connectivity index (χ0) is 17.7. The first-order valence-corrected chi connectivity index (χ1v) is 7.21. The van der Waals surface area contributed by atoms with Crippen LogP contribution < -0.4 is 10.6 Å². The van der Waals surface area contributed by atoms with Crippen LogP contribution >= 0.6 is 15.9 Å². The van der Waals surface area contributed by atoms with Gasteiger partial charge in [-0.15, -0.1) is 10.2 Å². The molecule has 0 aliphatic heterocycles. The van der Waals surface area contributed by atoms with Crippen molar-refractivity contribution < 1.29 is 22.8 Å². The molecule has 8 nitrogen and oxygen atoms in total. The first-order valence-electron chi connectivity index (χ1n) is 6.42. The molecule has 128 valence electrons. The summed E-state index contributed by atoms with van der Waals surface area (Å²) in [5, 5.41) is 14.6. The largest absolute Gasteiger partial charge is 0.405 e. The number of amides is 3. The van der Waals surface area contributed by atoms with Gasteiger partial charge in [0, 0.05) is 10.0 Å². The molecule has 0 saturated heterocycles. The van der Waals surface area contributed by atoms with Gasteiger partial charge >= 0.3 is 12.2 Å². The number of carbonyl (C=O) groups excluding carboxylic acids is 2. The van der Waals surface area contributed by atoms with Crippen LogP contribution in [-0.4, -0.2) is 44.9 Å². The van der Waals surface area contributed by atoms with Gasteiger partial charge in [0.25, 0.3) is 5.91 Å². The summed E-state index contributed by atoms with van der Waals surface area (Å²) < 4.78 is 36.5. The summed E-state index contributed by atoms with van der Waals surface area (Å²) in [5.74, 6) is -0.637. The number of carbonyl (C=O) groups is 2. The van der Waals surface area contributed by atoms with Gasteiger partial charge in [-0.1, -0.05) is 28.1 Å². The number of nitrogens with one attached hydrogen (secondary N) is 2. The van der Waals surface area contributed by atoms with Crippen molar-refractivity contribution in [2.75, 3.05) is 6.54 Å². The lowest BCUT2D eigenvalue weighted by Gasteiger charge is -2.08. The predicted octanol–water partition coefficient (Wildman–Crippen LogP) is 1.49.